The van der Waals surface area contributed by atoms with Crippen LogP contribution in [0.5, 0.6) is 0 Å². The number of carbonyl (C=O) groups is 1. The summed E-state index contributed by atoms with van der Waals surface area (Å²) >= 11 is 0. The molecule has 3 nitrogen and oxygen atoms in total. The first kappa shape index (κ1) is 17.3. The van der Waals surface area contributed by atoms with Crippen molar-refractivity contribution < 1.29 is 9.53 Å². The lowest BCUT2D eigenvalue weighted by Crippen LogP contribution is -2.21. The summed E-state index contributed by atoms with van der Waals surface area (Å²) in [5.74, 6) is 0.213. The summed E-state index contributed by atoms with van der Waals surface area (Å²) in [6, 6.07) is 18.0. The summed E-state index contributed by atoms with van der Waals surface area (Å²) < 4.78 is 5.60. The fourth-order valence-corrected chi connectivity index (χ4v) is 3.24. The number of nitrogens with one attached hydrogen (secondary N) is 1. The molecule has 0 saturated carbocycles. The minimum Gasteiger partial charge on any atom is -0.461 e. The van der Waals surface area contributed by atoms with Crippen molar-refractivity contribution >= 4 is 16.9 Å². The molecule has 3 aromatic rings. The fraction of sp³-hybridized carbons (Fsp3) is 0.318. The van der Waals surface area contributed by atoms with Crippen LogP contribution < -0.4 is 0 Å². The Bertz CT molecular complexity index is 820. The minimum atomic E-state index is -0.122. The molecule has 0 aliphatic carbocycles. The predicted octanol–water partition coefficient (Wildman–Crippen LogP) is 5.12. The highest BCUT2D eigenvalue weighted by Crippen LogP contribution is 2.25. The molecular formula is C22H25NO2. The molecule has 130 valence electrons. The van der Waals surface area contributed by atoms with Crippen LogP contribution >= 0.6 is 0 Å². The molecule has 0 amide bonds. The topological polar surface area (TPSA) is 42.1 Å². The number of aromatic amines is 1. The molecule has 0 saturated heterocycles. The van der Waals surface area contributed by atoms with Crippen LogP contribution in [0.2, 0.25) is 0 Å². The third-order valence-corrected chi connectivity index (χ3v) is 4.45. The summed E-state index contributed by atoms with van der Waals surface area (Å²) in [5.41, 5.74) is 3.31. The van der Waals surface area contributed by atoms with E-state index in [-0.39, 0.29) is 11.9 Å². The van der Waals surface area contributed by atoms with Crippen molar-refractivity contribution in [1.29, 1.82) is 0 Å². The van der Waals surface area contributed by atoms with Crippen molar-refractivity contribution in [3.63, 3.8) is 0 Å². The lowest BCUT2D eigenvalue weighted by molar-refractivity contribution is -0.150. The van der Waals surface area contributed by atoms with Gasteiger partial charge >= 0.3 is 5.97 Å². The van der Waals surface area contributed by atoms with E-state index in [0.29, 0.717) is 18.9 Å². The van der Waals surface area contributed by atoms with Gasteiger partial charge in [-0.2, -0.15) is 0 Å². The van der Waals surface area contributed by atoms with Crippen molar-refractivity contribution in [2.24, 2.45) is 11.8 Å². The van der Waals surface area contributed by atoms with E-state index in [1.54, 1.807) is 0 Å². The molecule has 2 aromatic carbocycles. The zero-order valence-corrected chi connectivity index (χ0v) is 14.9. The highest BCUT2D eigenvalue weighted by atomic mass is 16.5. The number of fused-ring (bicyclic) bond motifs is 1. The number of ether oxygens (including phenoxy) is 1. The van der Waals surface area contributed by atoms with Gasteiger partial charge in [0.25, 0.3) is 0 Å². The Balaban J connectivity index is 1.71. The normalized spacial score (nSPS) is 12.4. The summed E-state index contributed by atoms with van der Waals surface area (Å²) in [4.78, 5) is 16.0. The van der Waals surface area contributed by atoms with Crippen molar-refractivity contribution in [2.45, 2.75) is 33.3 Å². The van der Waals surface area contributed by atoms with Gasteiger partial charge in [0.1, 0.15) is 6.61 Å². The second-order valence-electron chi connectivity index (χ2n) is 6.98. The van der Waals surface area contributed by atoms with Gasteiger partial charge in [-0.1, -0.05) is 62.4 Å². The zero-order valence-electron chi connectivity index (χ0n) is 14.9. The number of benzene rings is 2. The first-order valence-corrected chi connectivity index (χ1v) is 8.89. The van der Waals surface area contributed by atoms with Gasteiger partial charge in [0, 0.05) is 17.1 Å². The highest BCUT2D eigenvalue weighted by molar-refractivity contribution is 5.84. The van der Waals surface area contributed by atoms with Gasteiger partial charge < -0.3 is 9.72 Å². The van der Waals surface area contributed by atoms with E-state index in [2.05, 4.69) is 31.0 Å². The van der Waals surface area contributed by atoms with Crippen LogP contribution in [0.25, 0.3) is 10.9 Å². The maximum Gasteiger partial charge on any atom is 0.309 e. The van der Waals surface area contributed by atoms with Gasteiger partial charge in [0.15, 0.2) is 0 Å². The molecule has 0 fully saturated rings. The van der Waals surface area contributed by atoms with Crippen molar-refractivity contribution in [3.05, 3.63) is 71.9 Å². The summed E-state index contributed by atoms with van der Waals surface area (Å²) in [6.45, 7) is 4.63. The Labute approximate surface area is 149 Å². The van der Waals surface area contributed by atoms with E-state index in [1.165, 1.54) is 10.9 Å². The lowest BCUT2D eigenvalue weighted by atomic mass is 9.91. The van der Waals surface area contributed by atoms with Crippen LogP contribution in [0.15, 0.2) is 60.8 Å². The molecule has 1 aromatic heterocycles. The van der Waals surface area contributed by atoms with Crippen molar-refractivity contribution in [3.8, 4) is 0 Å². The maximum atomic E-state index is 12.7. The summed E-state index contributed by atoms with van der Waals surface area (Å²) in [7, 11) is 0. The van der Waals surface area contributed by atoms with E-state index in [1.807, 2.05) is 48.7 Å². The second kappa shape index (κ2) is 8.02. The number of para-hydroxylation sites is 1. The van der Waals surface area contributed by atoms with E-state index in [4.69, 9.17) is 4.74 Å². The number of carbonyl (C=O) groups excluding carboxylic acids is 1. The SMILES string of the molecule is CC(C)CC(Cc1c[nH]c2ccccc12)C(=O)OCc1ccccc1. The summed E-state index contributed by atoms with van der Waals surface area (Å²) in [6.07, 6.45) is 3.55. The van der Waals surface area contributed by atoms with Gasteiger partial charge in [-0.3, -0.25) is 4.79 Å². The Kier molecular flexibility index (Phi) is 5.54. The Morgan fingerprint density at radius 2 is 1.76 bits per heavy atom. The van der Waals surface area contributed by atoms with Gasteiger partial charge in [-0.05, 0) is 36.0 Å². The number of esters is 1. The fourth-order valence-electron chi connectivity index (χ4n) is 3.24. The largest absolute Gasteiger partial charge is 0.461 e. The van der Waals surface area contributed by atoms with E-state index >= 15 is 0 Å². The third-order valence-electron chi connectivity index (χ3n) is 4.45. The zero-order chi connectivity index (χ0) is 17.6. The molecule has 1 unspecified atom stereocenters. The third kappa shape index (κ3) is 4.50. The molecule has 1 heterocycles. The van der Waals surface area contributed by atoms with Crippen LogP contribution in [0.3, 0.4) is 0 Å². The smallest absolute Gasteiger partial charge is 0.309 e. The molecule has 1 N–H and O–H groups in total. The van der Waals surface area contributed by atoms with Gasteiger partial charge in [0.2, 0.25) is 0 Å². The molecule has 0 spiro atoms. The average Bonchev–Trinajstić information content (AvgIpc) is 3.03. The van der Waals surface area contributed by atoms with Crippen LogP contribution in [-0.4, -0.2) is 11.0 Å². The van der Waals surface area contributed by atoms with E-state index < -0.39 is 0 Å². The molecule has 1 atom stereocenters. The number of H-pyrrole nitrogens is 1. The molecule has 0 radical (unpaired) electrons. The molecule has 0 aliphatic rings. The molecule has 0 aliphatic heterocycles. The molecular weight excluding hydrogens is 310 g/mol. The van der Waals surface area contributed by atoms with Crippen LogP contribution in [0.1, 0.15) is 31.4 Å². The number of rotatable bonds is 7. The van der Waals surface area contributed by atoms with Crippen LogP contribution in [0, 0.1) is 11.8 Å². The molecule has 3 heteroatoms. The van der Waals surface area contributed by atoms with Crippen molar-refractivity contribution in [1.82, 2.24) is 4.98 Å². The summed E-state index contributed by atoms with van der Waals surface area (Å²) in [5, 5.41) is 1.19. The maximum absolute atomic E-state index is 12.7. The lowest BCUT2D eigenvalue weighted by Gasteiger charge is -2.18. The van der Waals surface area contributed by atoms with Crippen LogP contribution in [-0.2, 0) is 22.6 Å². The number of hydrogen-bond acceptors (Lipinski definition) is 2. The Hall–Kier alpha value is -2.55. The molecule has 25 heavy (non-hydrogen) atoms. The quantitative estimate of drug-likeness (QED) is 0.609. The van der Waals surface area contributed by atoms with E-state index in [9.17, 15) is 4.79 Å². The van der Waals surface area contributed by atoms with Gasteiger partial charge in [0.05, 0.1) is 5.92 Å². The van der Waals surface area contributed by atoms with Crippen LogP contribution in [0.4, 0.5) is 0 Å². The Morgan fingerprint density at radius 3 is 2.52 bits per heavy atom. The highest BCUT2D eigenvalue weighted by Gasteiger charge is 2.23. The standard InChI is InChI=1S/C22H25NO2/c1-16(2)12-18(22(24)25-15-17-8-4-3-5-9-17)13-19-14-23-21-11-7-6-10-20(19)21/h3-11,14,16,18,23H,12-13,15H2,1-2H3. The first-order valence-electron chi connectivity index (χ1n) is 8.89. The predicted molar refractivity (Wildman–Crippen MR) is 101 cm³/mol. The monoisotopic (exact) mass is 335 g/mol. The van der Waals surface area contributed by atoms with Crippen molar-refractivity contribution in [2.75, 3.05) is 0 Å². The molecule has 3 rings (SSSR count). The first-order chi connectivity index (χ1) is 12.1. The van der Waals surface area contributed by atoms with Gasteiger partial charge in [-0.15, -0.1) is 0 Å². The van der Waals surface area contributed by atoms with Gasteiger partial charge in [-0.25, -0.2) is 0 Å². The Morgan fingerprint density at radius 1 is 1.04 bits per heavy atom. The average molecular weight is 335 g/mol. The second-order valence-corrected chi connectivity index (χ2v) is 6.98. The minimum absolute atomic E-state index is 0.108. The molecule has 0 bridgehead atoms. The number of aromatic nitrogens is 1. The number of hydrogen-bond donors (Lipinski definition) is 1. The van der Waals surface area contributed by atoms with E-state index in [0.717, 1.165) is 17.5 Å².